The molecule has 0 amide bonds. The first-order valence-corrected chi connectivity index (χ1v) is 8.35. The Morgan fingerprint density at radius 2 is 2.00 bits per heavy atom. The molecule has 1 atom stereocenters. The SMILES string of the molecule is CCNC(c1ccc(CC)s1)c1cccc(C)c1Br. The molecule has 2 rings (SSSR count). The second kappa shape index (κ2) is 6.69. The maximum absolute atomic E-state index is 3.74. The quantitative estimate of drug-likeness (QED) is 0.802. The van der Waals surface area contributed by atoms with E-state index in [1.807, 2.05) is 11.3 Å². The summed E-state index contributed by atoms with van der Waals surface area (Å²) in [7, 11) is 0. The number of hydrogen-bond donors (Lipinski definition) is 1. The molecule has 0 aliphatic carbocycles. The van der Waals surface area contributed by atoms with Crippen LogP contribution in [0.15, 0.2) is 34.8 Å². The van der Waals surface area contributed by atoms with Crippen LogP contribution in [-0.4, -0.2) is 6.54 Å². The summed E-state index contributed by atoms with van der Waals surface area (Å²) < 4.78 is 1.22. The van der Waals surface area contributed by atoms with E-state index in [4.69, 9.17) is 0 Å². The molecule has 0 bridgehead atoms. The molecule has 1 aromatic heterocycles. The highest BCUT2D eigenvalue weighted by Gasteiger charge is 2.18. The first-order valence-electron chi connectivity index (χ1n) is 6.74. The van der Waals surface area contributed by atoms with E-state index in [2.05, 4.69) is 72.3 Å². The van der Waals surface area contributed by atoms with Gasteiger partial charge in [0.1, 0.15) is 0 Å². The largest absolute Gasteiger partial charge is 0.306 e. The van der Waals surface area contributed by atoms with E-state index in [1.165, 1.54) is 25.4 Å². The Balaban J connectivity index is 2.42. The van der Waals surface area contributed by atoms with Crippen molar-refractivity contribution >= 4 is 27.3 Å². The Hall–Kier alpha value is -0.640. The molecule has 0 fully saturated rings. The van der Waals surface area contributed by atoms with E-state index in [0.29, 0.717) is 0 Å². The average Bonchev–Trinajstić information content (AvgIpc) is 2.88. The molecule has 2 aromatic rings. The summed E-state index contributed by atoms with van der Waals surface area (Å²) in [5, 5.41) is 3.60. The Morgan fingerprint density at radius 3 is 2.63 bits per heavy atom. The molecule has 1 heterocycles. The molecule has 0 saturated heterocycles. The summed E-state index contributed by atoms with van der Waals surface area (Å²) >= 11 is 5.64. The lowest BCUT2D eigenvalue weighted by molar-refractivity contribution is 0.637. The Labute approximate surface area is 128 Å². The molecule has 3 heteroatoms. The van der Waals surface area contributed by atoms with Crippen LogP contribution in [0.1, 0.15) is 40.8 Å². The molecule has 19 heavy (non-hydrogen) atoms. The fourth-order valence-electron chi connectivity index (χ4n) is 2.20. The predicted molar refractivity (Wildman–Crippen MR) is 88.1 cm³/mol. The van der Waals surface area contributed by atoms with E-state index >= 15 is 0 Å². The lowest BCUT2D eigenvalue weighted by Gasteiger charge is -2.19. The molecule has 0 spiro atoms. The third-order valence-corrected chi connectivity index (χ3v) is 5.63. The van der Waals surface area contributed by atoms with Gasteiger partial charge >= 0.3 is 0 Å². The fraction of sp³-hybridized carbons (Fsp3) is 0.375. The van der Waals surface area contributed by atoms with Gasteiger partial charge in [-0.3, -0.25) is 0 Å². The molecular formula is C16H20BrNS. The van der Waals surface area contributed by atoms with Gasteiger partial charge in [-0.15, -0.1) is 11.3 Å². The second-order valence-electron chi connectivity index (χ2n) is 4.63. The zero-order valence-corrected chi connectivity index (χ0v) is 14.1. The molecule has 0 aliphatic heterocycles. The van der Waals surface area contributed by atoms with Gasteiger partial charge in [0.15, 0.2) is 0 Å². The van der Waals surface area contributed by atoms with Crippen molar-refractivity contribution in [3.8, 4) is 0 Å². The molecule has 0 aliphatic rings. The molecular weight excluding hydrogens is 318 g/mol. The highest BCUT2D eigenvalue weighted by molar-refractivity contribution is 9.10. The average molecular weight is 338 g/mol. The lowest BCUT2D eigenvalue weighted by atomic mass is 10.0. The zero-order valence-electron chi connectivity index (χ0n) is 11.7. The predicted octanol–water partition coefficient (Wildman–Crippen LogP) is 5.08. The topological polar surface area (TPSA) is 12.0 Å². The first-order chi connectivity index (χ1) is 9.17. The summed E-state index contributed by atoms with van der Waals surface area (Å²) in [5.41, 5.74) is 2.61. The molecule has 1 nitrogen and oxygen atoms in total. The number of aryl methyl sites for hydroxylation is 2. The van der Waals surface area contributed by atoms with Gasteiger partial charge in [-0.25, -0.2) is 0 Å². The second-order valence-corrected chi connectivity index (χ2v) is 6.62. The molecule has 1 unspecified atom stereocenters. The minimum atomic E-state index is 0.282. The Morgan fingerprint density at radius 1 is 1.21 bits per heavy atom. The van der Waals surface area contributed by atoms with Crippen molar-refractivity contribution in [2.75, 3.05) is 6.54 Å². The number of hydrogen-bond acceptors (Lipinski definition) is 2. The van der Waals surface area contributed by atoms with Gasteiger partial charge in [0.2, 0.25) is 0 Å². The van der Waals surface area contributed by atoms with Gasteiger partial charge in [0.25, 0.3) is 0 Å². The van der Waals surface area contributed by atoms with Gasteiger partial charge in [0, 0.05) is 14.2 Å². The van der Waals surface area contributed by atoms with Crippen molar-refractivity contribution in [3.63, 3.8) is 0 Å². The van der Waals surface area contributed by atoms with Crippen molar-refractivity contribution in [1.29, 1.82) is 0 Å². The lowest BCUT2D eigenvalue weighted by Crippen LogP contribution is -2.21. The summed E-state index contributed by atoms with van der Waals surface area (Å²) in [6, 6.07) is 11.3. The maximum atomic E-state index is 3.74. The number of thiophene rings is 1. The summed E-state index contributed by atoms with van der Waals surface area (Å²) in [5.74, 6) is 0. The third-order valence-electron chi connectivity index (χ3n) is 3.26. The van der Waals surface area contributed by atoms with Gasteiger partial charge in [0.05, 0.1) is 6.04 Å². The normalized spacial score (nSPS) is 12.6. The first kappa shape index (κ1) is 14.8. The number of benzene rings is 1. The van der Waals surface area contributed by atoms with Gasteiger partial charge in [-0.05, 0) is 43.1 Å². The summed E-state index contributed by atoms with van der Waals surface area (Å²) in [6.07, 6.45) is 1.11. The van der Waals surface area contributed by atoms with E-state index in [1.54, 1.807) is 0 Å². The minimum absolute atomic E-state index is 0.282. The van der Waals surface area contributed by atoms with Crippen molar-refractivity contribution in [3.05, 3.63) is 55.7 Å². The van der Waals surface area contributed by atoms with Crippen LogP contribution in [0.4, 0.5) is 0 Å². The fourth-order valence-corrected chi connectivity index (χ4v) is 3.74. The molecule has 1 N–H and O–H groups in total. The van der Waals surface area contributed by atoms with Crippen LogP contribution in [0.5, 0.6) is 0 Å². The van der Waals surface area contributed by atoms with Crippen LogP contribution in [0.3, 0.4) is 0 Å². The monoisotopic (exact) mass is 337 g/mol. The summed E-state index contributed by atoms with van der Waals surface area (Å²) in [6.45, 7) is 7.47. The third kappa shape index (κ3) is 3.28. The molecule has 0 radical (unpaired) electrons. The van der Waals surface area contributed by atoms with Gasteiger partial charge in [-0.2, -0.15) is 0 Å². The smallest absolute Gasteiger partial charge is 0.0682 e. The van der Waals surface area contributed by atoms with E-state index in [-0.39, 0.29) is 6.04 Å². The highest BCUT2D eigenvalue weighted by atomic mass is 79.9. The number of rotatable bonds is 5. The standard InChI is InChI=1S/C16H20BrNS/c1-4-12-9-10-14(19-12)16(18-5-2)13-8-6-7-11(3)15(13)17/h6-10,16,18H,4-5H2,1-3H3. The van der Waals surface area contributed by atoms with Crippen molar-refractivity contribution in [2.24, 2.45) is 0 Å². The molecule has 1 aromatic carbocycles. The van der Waals surface area contributed by atoms with Crippen molar-refractivity contribution < 1.29 is 0 Å². The molecule has 102 valence electrons. The van der Waals surface area contributed by atoms with Gasteiger partial charge < -0.3 is 5.32 Å². The number of nitrogens with one attached hydrogen (secondary N) is 1. The summed E-state index contributed by atoms with van der Waals surface area (Å²) in [4.78, 5) is 2.84. The van der Waals surface area contributed by atoms with Crippen LogP contribution in [0, 0.1) is 6.92 Å². The van der Waals surface area contributed by atoms with Crippen LogP contribution >= 0.6 is 27.3 Å². The number of halogens is 1. The zero-order chi connectivity index (χ0) is 13.8. The highest BCUT2D eigenvalue weighted by Crippen LogP contribution is 2.34. The molecule has 0 saturated carbocycles. The Bertz CT molecular complexity index is 547. The van der Waals surface area contributed by atoms with Crippen molar-refractivity contribution in [2.45, 2.75) is 33.2 Å². The van der Waals surface area contributed by atoms with Crippen LogP contribution in [-0.2, 0) is 6.42 Å². The van der Waals surface area contributed by atoms with Crippen LogP contribution in [0.25, 0.3) is 0 Å². The van der Waals surface area contributed by atoms with E-state index in [9.17, 15) is 0 Å². The Kier molecular flexibility index (Phi) is 5.20. The van der Waals surface area contributed by atoms with Crippen LogP contribution in [0.2, 0.25) is 0 Å². The maximum Gasteiger partial charge on any atom is 0.0682 e. The van der Waals surface area contributed by atoms with Gasteiger partial charge in [-0.1, -0.05) is 48.0 Å². The minimum Gasteiger partial charge on any atom is -0.306 e. The van der Waals surface area contributed by atoms with E-state index < -0.39 is 0 Å². The van der Waals surface area contributed by atoms with Crippen molar-refractivity contribution in [1.82, 2.24) is 5.32 Å². The van der Waals surface area contributed by atoms with E-state index in [0.717, 1.165) is 13.0 Å². The van der Waals surface area contributed by atoms with Crippen LogP contribution < -0.4 is 5.32 Å².